The highest BCUT2D eigenvalue weighted by molar-refractivity contribution is 5.73. The molecule has 2 aliphatic rings. The standard InChI is InChI=1S/C14H19NO.C14H17NO/c2*16-12-14-7-4-9-15(11-14)10-8-13-5-2-1-3-6-13/h1-3,5-7,16H,4,8-12H2;1-3,5-7,12H,4,8-11H2. The topological polar surface area (TPSA) is 43.8 Å². The van der Waals surface area contributed by atoms with E-state index in [1.165, 1.54) is 16.7 Å². The molecular weight excluding hydrogens is 396 g/mol. The van der Waals surface area contributed by atoms with Crippen molar-refractivity contribution < 1.29 is 9.90 Å². The second-order valence-corrected chi connectivity index (χ2v) is 8.52. The van der Waals surface area contributed by atoms with Crippen molar-refractivity contribution in [2.75, 3.05) is 45.9 Å². The quantitative estimate of drug-likeness (QED) is 0.507. The van der Waals surface area contributed by atoms with Gasteiger partial charge in [0.1, 0.15) is 6.29 Å². The summed E-state index contributed by atoms with van der Waals surface area (Å²) in [6, 6.07) is 21.1. The van der Waals surface area contributed by atoms with Gasteiger partial charge in [-0.25, -0.2) is 0 Å². The Hall–Kier alpha value is -2.53. The van der Waals surface area contributed by atoms with E-state index in [1.807, 2.05) is 12.1 Å². The minimum absolute atomic E-state index is 0.210. The average Bonchev–Trinajstić information content (AvgIpc) is 2.88. The van der Waals surface area contributed by atoms with Crippen molar-refractivity contribution in [3.63, 3.8) is 0 Å². The summed E-state index contributed by atoms with van der Waals surface area (Å²) < 4.78 is 0. The molecule has 2 aromatic carbocycles. The molecule has 0 spiro atoms. The first-order valence-corrected chi connectivity index (χ1v) is 11.7. The van der Waals surface area contributed by atoms with E-state index >= 15 is 0 Å². The van der Waals surface area contributed by atoms with Gasteiger partial charge in [0.15, 0.2) is 0 Å². The molecular formula is C28H36N2O2. The fourth-order valence-electron chi connectivity index (χ4n) is 4.16. The third-order valence-corrected chi connectivity index (χ3v) is 6.04. The Labute approximate surface area is 192 Å². The molecule has 4 nitrogen and oxygen atoms in total. The van der Waals surface area contributed by atoms with Crippen LogP contribution in [0.4, 0.5) is 0 Å². The Morgan fingerprint density at radius 3 is 1.81 bits per heavy atom. The molecule has 2 heterocycles. The second kappa shape index (κ2) is 13.8. The van der Waals surface area contributed by atoms with E-state index in [4.69, 9.17) is 5.11 Å². The SMILES string of the molecule is O=CC1=CCCN(CCc2ccccc2)C1.OCC1=CCCN(CCc2ccccc2)C1. The van der Waals surface area contributed by atoms with Crippen LogP contribution in [0.1, 0.15) is 24.0 Å². The second-order valence-electron chi connectivity index (χ2n) is 8.52. The molecule has 0 saturated heterocycles. The first-order chi connectivity index (χ1) is 15.8. The summed E-state index contributed by atoms with van der Waals surface area (Å²) in [6.07, 6.45) is 9.43. The lowest BCUT2D eigenvalue weighted by Crippen LogP contribution is -2.32. The van der Waals surface area contributed by atoms with Crippen LogP contribution < -0.4 is 0 Å². The molecule has 0 fully saturated rings. The number of aliphatic hydroxyl groups excluding tert-OH is 1. The molecule has 2 aromatic rings. The van der Waals surface area contributed by atoms with E-state index < -0.39 is 0 Å². The van der Waals surface area contributed by atoms with E-state index in [1.54, 1.807) is 0 Å². The van der Waals surface area contributed by atoms with Crippen molar-refractivity contribution >= 4 is 6.29 Å². The highest BCUT2D eigenvalue weighted by atomic mass is 16.3. The predicted octanol–water partition coefficient (Wildman–Crippen LogP) is 3.91. The fourth-order valence-corrected chi connectivity index (χ4v) is 4.16. The number of hydrogen-bond acceptors (Lipinski definition) is 4. The van der Waals surface area contributed by atoms with Gasteiger partial charge in [0.25, 0.3) is 0 Å². The zero-order valence-corrected chi connectivity index (χ0v) is 19.0. The Morgan fingerprint density at radius 1 is 0.750 bits per heavy atom. The van der Waals surface area contributed by atoms with Gasteiger partial charge in [-0.05, 0) is 42.4 Å². The Bertz CT molecular complexity index is 862. The minimum atomic E-state index is 0.210. The van der Waals surface area contributed by atoms with Gasteiger partial charge < -0.3 is 5.11 Å². The van der Waals surface area contributed by atoms with E-state index in [9.17, 15) is 4.79 Å². The van der Waals surface area contributed by atoms with E-state index in [0.717, 1.165) is 76.8 Å². The number of hydrogen-bond donors (Lipinski definition) is 1. The lowest BCUT2D eigenvalue weighted by Gasteiger charge is -2.26. The van der Waals surface area contributed by atoms with Gasteiger partial charge in [-0.3, -0.25) is 14.6 Å². The lowest BCUT2D eigenvalue weighted by atomic mass is 10.1. The average molecular weight is 433 g/mol. The van der Waals surface area contributed by atoms with Crippen molar-refractivity contribution in [1.82, 2.24) is 9.80 Å². The third kappa shape index (κ3) is 8.54. The van der Waals surface area contributed by atoms with Gasteiger partial charge >= 0.3 is 0 Å². The number of carbonyl (C=O) groups is 1. The summed E-state index contributed by atoms with van der Waals surface area (Å²) in [4.78, 5) is 15.4. The molecule has 4 heteroatoms. The number of aldehydes is 1. The van der Waals surface area contributed by atoms with E-state index in [2.05, 4.69) is 70.5 Å². The van der Waals surface area contributed by atoms with Crippen LogP contribution in [0, 0.1) is 0 Å². The monoisotopic (exact) mass is 432 g/mol. The molecule has 0 aromatic heterocycles. The first kappa shape index (κ1) is 24.1. The molecule has 0 amide bonds. The highest BCUT2D eigenvalue weighted by Crippen LogP contribution is 2.11. The lowest BCUT2D eigenvalue weighted by molar-refractivity contribution is -0.105. The number of rotatable bonds is 8. The van der Waals surface area contributed by atoms with Gasteiger partial charge in [0, 0.05) is 44.8 Å². The number of carbonyl (C=O) groups excluding carboxylic acids is 1. The van der Waals surface area contributed by atoms with E-state index in [-0.39, 0.29) is 6.61 Å². The molecule has 0 radical (unpaired) electrons. The fraction of sp³-hybridized carbons (Fsp3) is 0.393. The number of nitrogens with zero attached hydrogens (tertiary/aromatic N) is 2. The molecule has 2 aliphatic heterocycles. The van der Waals surface area contributed by atoms with Gasteiger partial charge in [-0.2, -0.15) is 0 Å². The summed E-state index contributed by atoms with van der Waals surface area (Å²) in [7, 11) is 0. The van der Waals surface area contributed by atoms with Crippen molar-refractivity contribution in [1.29, 1.82) is 0 Å². The molecule has 0 saturated carbocycles. The van der Waals surface area contributed by atoms with Crippen molar-refractivity contribution in [2.45, 2.75) is 25.7 Å². The third-order valence-electron chi connectivity index (χ3n) is 6.04. The van der Waals surface area contributed by atoms with Gasteiger partial charge in [0.05, 0.1) is 6.61 Å². The maximum Gasteiger partial charge on any atom is 0.147 e. The summed E-state index contributed by atoms with van der Waals surface area (Å²) >= 11 is 0. The van der Waals surface area contributed by atoms with Crippen LogP contribution in [0.3, 0.4) is 0 Å². The smallest absolute Gasteiger partial charge is 0.147 e. The minimum Gasteiger partial charge on any atom is -0.392 e. The van der Waals surface area contributed by atoms with Gasteiger partial charge in [-0.15, -0.1) is 0 Å². The van der Waals surface area contributed by atoms with Crippen LogP contribution in [0.15, 0.2) is 84.0 Å². The molecule has 4 rings (SSSR count). The van der Waals surface area contributed by atoms with Crippen LogP contribution in [-0.4, -0.2) is 67.1 Å². The van der Waals surface area contributed by atoms with Crippen LogP contribution in [0.2, 0.25) is 0 Å². The molecule has 32 heavy (non-hydrogen) atoms. The largest absolute Gasteiger partial charge is 0.392 e. The first-order valence-electron chi connectivity index (χ1n) is 11.7. The maximum absolute atomic E-state index is 10.7. The van der Waals surface area contributed by atoms with Crippen LogP contribution in [-0.2, 0) is 17.6 Å². The summed E-state index contributed by atoms with van der Waals surface area (Å²) in [5.74, 6) is 0. The highest BCUT2D eigenvalue weighted by Gasteiger charge is 2.12. The van der Waals surface area contributed by atoms with Crippen molar-refractivity contribution in [3.8, 4) is 0 Å². The molecule has 0 aliphatic carbocycles. The predicted molar refractivity (Wildman–Crippen MR) is 132 cm³/mol. The Kier molecular flexibility index (Phi) is 10.4. The Morgan fingerprint density at radius 2 is 1.28 bits per heavy atom. The zero-order valence-electron chi connectivity index (χ0n) is 19.0. The summed E-state index contributed by atoms with van der Waals surface area (Å²) in [5.41, 5.74) is 4.85. The maximum atomic E-state index is 10.7. The molecule has 0 bridgehead atoms. The van der Waals surface area contributed by atoms with Crippen LogP contribution in [0.25, 0.3) is 0 Å². The molecule has 1 N–H and O–H groups in total. The zero-order chi connectivity index (χ0) is 22.4. The van der Waals surface area contributed by atoms with E-state index in [0.29, 0.717) is 0 Å². The van der Waals surface area contributed by atoms with Crippen molar-refractivity contribution in [2.24, 2.45) is 0 Å². The Balaban J connectivity index is 0.000000181. The van der Waals surface area contributed by atoms with Crippen LogP contribution in [0.5, 0.6) is 0 Å². The van der Waals surface area contributed by atoms with Crippen molar-refractivity contribution in [3.05, 3.63) is 95.1 Å². The van der Waals surface area contributed by atoms with Gasteiger partial charge in [0.2, 0.25) is 0 Å². The molecule has 0 unspecified atom stereocenters. The molecule has 0 atom stereocenters. The van der Waals surface area contributed by atoms with Crippen LogP contribution >= 0.6 is 0 Å². The number of aliphatic hydroxyl groups is 1. The van der Waals surface area contributed by atoms with Gasteiger partial charge in [-0.1, -0.05) is 72.8 Å². The number of benzene rings is 2. The normalized spacial score (nSPS) is 17.0. The molecule has 170 valence electrons. The summed E-state index contributed by atoms with van der Waals surface area (Å²) in [6.45, 7) is 6.28. The summed E-state index contributed by atoms with van der Waals surface area (Å²) in [5, 5.41) is 9.10.